The van der Waals surface area contributed by atoms with Crippen LogP contribution in [0.15, 0.2) is 29.2 Å². The lowest BCUT2D eigenvalue weighted by atomic mass is 10.3. The van der Waals surface area contributed by atoms with Crippen LogP contribution in [0.5, 0.6) is 5.75 Å². The SMILES string of the molecule is COc1ccc(S(=O)(=O)NC2CCN(C#N)C2)cc1. The van der Waals surface area contributed by atoms with E-state index in [9.17, 15) is 8.42 Å². The fraction of sp³-hybridized carbons (Fsp3) is 0.417. The number of methoxy groups -OCH3 is 1. The summed E-state index contributed by atoms with van der Waals surface area (Å²) in [7, 11) is -2.02. The maximum absolute atomic E-state index is 12.1. The summed E-state index contributed by atoms with van der Waals surface area (Å²) in [4.78, 5) is 1.74. The van der Waals surface area contributed by atoms with E-state index in [4.69, 9.17) is 10.00 Å². The number of hydrogen-bond acceptors (Lipinski definition) is 5. The first-order valence-corrected chi connectivity index (χ1v) is 7.34. The Labute approximate surface area is 112 Å². The summed E-state index contributed by atoms with van der Waals surface area (Å²) < 4.78 is 31.9. The van der Waals surface area contributed by atoms with E-state index in [1.165, 1.54) is 19.2 Å². The Morgan fingerprint density at radius 2 is 2.11 bits per heavy atom. The van der Waals surface area contributed by atoms with Crippen LogP contribution in [0.3, 0.4) is 0 Å². The molecule has 0 saturated carbocycles. The highest BCUT2D eigenvalue weighted by Crippen LogP contribution is 2.17. The van der Waals surface area contributed by atoms with Gasteiger partial charge in [0.2, 0.25) is 10.0 Å². The van der Waals surface area contributed by atoms with Crippen molar-refractivity contribution in [2.45, 2.75) is 17.4 Å². The minimum Gasteiger partial charge on any atom is -0.497 e. The molecular weight excluding hydrogens is 266 g/mol. The molecule has 6 nitrogen and oxygen atoms in total. The minimum absolute atomic E-state index is 0.198. The molecule has 102 valence electrons. The van der Waals surface area contributed by atoms with Crippen LogP contribution in [0.1, 0.15) is 6.42 Å². The number of sulfonamides is 1. The van der Waals surface area contributed by atoms with Crippen LogP contribution in [0.25, 0.3) is 0 Å². The molecule has 1 atom stereocenters. The summed E-state index contributed by atoms with van der Waals surface area (Å²) >= 11 is 0. The number of benzene rings is 1. The van der Waals surface area contributed by atoms with E-state index in [1.54, 1.807) is 17.0 Å². The lowest BCUT2D eigenvalue weighted by Crippen LogP contribution is -2.36. The number of hydrogen-bond donors (Lipinski definition) is 1. The molecule has 1 aliphatic heterocycles. The number of likely N-dealkylation sites (tertiary alicyclic amines) is 1. The van der Waals surface area contributed by atoms with Crippen LogP contribution in [-0.2, 0) is 10.0 Å². The van der Waals surface area contributed by atoms with Gasteiger partial charge in [0.15, 0.2) is 6.19 Å². The van der Waals surface area contributed by atoms with Crippen molar-refractivity contribution in [2.75, 3.05) is 20.2 Å². The third kappa shape index (κ3) is 3.16. The molecule has 7 heteroatoms. The van der Waals surface area contributed by atoms with Crippen LogP contribution in [-0.4, -0.2) is 39.6 Å². The van der Waals surface area contributed by atoms with Gasteiger partial charge >= 0.3 is 0 Å². The molecule has 1 N–H and O–H groups in total. The van der Waals surface area contributed by atoms with Gasteiger partial charge in [-0.15, -0.1) is 0 Å². The molecule has 1 aromatic carbocycles. The van der Waals surface area contributed by atoms with Crippen molar-refractivity contribution in [1.82, 2.24) is 9.62 Å². The number of ether oxygens (including phenoxy) is 1. The number of nitrogens with one attached hydrogen (secondary N) is 1. The van der Waals surface area contributed by atoms with E-state index < -0.39 is 10.0 Å². The Morgan fingerprint density at radius 1 is 1.42 bits per heavy atom. The molecule has 2 rings (SSSR count). The van der Waals surface area contributed by atoms with Crippen molar-refractivity contribution in [2.24, 2.45) is 0 Å². The van der Waals surface area contributed by atoms with Gasteiger partial charge in [-0.1, -0.05) is 0 Å². The lowest BCUT2D eigenvalue weighted by molar-refractivity contribution is 0.414. The molecule has 0 bridgehead atoms. The molecule has 0 amide bonds. The second-order valence-electron chi connectivity index (χ2n) is 4.33. The summed E-state index contributed by atoms with van der Waals surface area (Å²) in [6.07, 6.45) is 2.66. The zero-order valence-corrected chi connectivity index (χ0v) is 11.4. The van der Waals surface area contributed by atoms with E-state index in [0.717, 1.165) is 0 Å². The fourth-order valence-electron chi connectivity index (χ4n) is 1.99. The summed E-state index contributed by atoms with van der Waals surface area (Å²) in [5.74, 6) is 0.607. The highest BCUT2D eigenvalue weighted by Gasteiger charge is 2.26. The van der Waals surface area contributed by atoms with Crippen LogP contribution < -0.4 is 9.46 Å². The Morgan fingerprint density at radius 3 is 2.63 bits per heavy atom. The largest absolute Gasteiger partial charge is 0.497 e. The molecular formula is C12H15N3O3S. The topological polar surface area (TPSA) is 82.4 Å². The molecule has 0 spiro atoms. The number of nitriles is 1. The maximum Gasteiger partial charge on any atom is 0.240 e. The second-order valence-corrected chi connectivity index (χ2v) is 6.04. The van der Waals surface area contributed by atoms with E-state index in [2.05, 4.69) is 4.72 Å². The molecule has 1 heterocycles. The predicted molar refractivity (Wildman–Crippen MR) is 68.9 cm³/mol. The third-order valence-electron chi connectivity index (χ3n) is 3.02. The van der Waals surface area contributed by atoms with Crippen LogP contribution >= 0.6 is 0 Å². The first kappa shape index (κ1) is 13.6. The van der Waals surface area contributed by atoms with Gasteiger partial charge in [-0.3, -0.25) is 0 Å². The zero-order chi connectivity index (χ0) is 13.9. The summed E-state index contributed by atoms with van der Waals surface area (Å²) in [5, 5.41) is 8.74. The van der Waals surface area contributed by atoms with Gasteiger partial charge in [0.05, 0.1) is 12.0 Å². The van der Waals surface area contributed by atoms with Gasteiger partial charge in [-0.25, -0.2) is 13.1 Å². The van der Waals surface area contributed by atoms with Crippen molar-refractivity contribution in [1.29, 1.82) is 5.26 Å². The fourth-order valence-corrected chi connectivity index (χ4v) is 3.25. The Kier molecular flexibility index (Phi) is 3.93. The normalized spacial score (nSPS) is 19.2. The van der Waals surface area contributed by atoms with Gasteiger partial charge in [0, 0.05) is 19.1 Å². The molecule has 1 aromatic rings. The van der Waals surface area contributed by atoms with Crippen molar-refractivity contribution in [3.05, 3.63) is 24.3 Å². The van der Waals surface area contributed by atoms with Gasteiger partial charge < -0.3 is 9.64 Å². The number of nitrogens with zero attached hydrogens (tertiary/aromatic N) is 2. The van der Waals surface area contributed by atoms with E-state index in [-0.39, 0.29) is 10.9 Å². The monoisotopic (exact) mass is 281 g/mol. The zero-order valence-electron chi connectivity index (χ0n) is 10.5. The van der Waals surface area contributed by atoms with E-state index in [1.807, 2.05) is 6.19 Å². The highest BCUT2D eigenvalue weighted by atomic mass is 32.2. The molecule has 1 unspecified atom stereocenters. The number of rotatable bonds is 4. The maximum atomic E-state index is 12.1. The van der Waals surface area contributed by atoms with Gasteiger partial charge in [-0.2, -0.15) is 5.26 Å². The lowest BCUT2D eigenvalue weighted by Gasteiger charge is -2.13. The van der Waals surface area contributed by atoms with Crippen LogP contribution in [0.4, 0.5) is 0 Å². The summed E-state index contributed by atoms with van der Waals surface area (Å²) in [5.41, 5.74) is 0. The predicted octanol–water partition coefficient (Wildman–Crippen LogP) is 0.529. The van der Waals surface area contributed by atoms with Crippen molar-refractivity contribution in [3.8, 4) is 11.9 Å². The smallest absolute Gasteiger partial charge is 0.240 e. The Hall–Kier alpha value is -1.78. The van der Waals surface area contributed by atoms with Crippen molar-refractivity contribution >= 4 is 10.0 Å². The quantitative estimate of drug-likeness (QED) is 0.814. The van der Waals surface area contributed by atoms with Crippen LogP contribution in [0, 0.1) is 11.5 Å². The molecule has 0 aromatic heterocycles. The summed E-state index contributed by atoms with van der Waals surface area (Å²) in [6, 6.07) is 5.98. The van der Waals surface area contributed by atoms with Crippen molar-refractivity contribution in [3.63, 3.8) is 0 Å². The average molecular weight is 281 g/mol. The minimum atomic E-state index is -3.54. The van der Waals surface area contributed by atoms with E-state index in [0.29, 0.717) is 25.3 Å². The molecule has 0 aliphatic carbocycles. The average Bonchev–Trinajstić information content (AvgIpc) is 2.85. The van der Waals surface area contributed by atoms with E-state index >= 15 is 0 Å². The first-order chi connectivity index (χ1) is 9.05. The third-order valence-corrected chi connectivity index (χ3v) is 4.56. The molecule has 1 fully saturated rings. The highest BCUT2D eigenvalue weighted by molar-refractivity contribution is 7.89. The molecule has 19 heavy (non-hydrogen) atoms. The Bertz CT molecular complexity index is 577. The molecule has 0 radical (unpaired) electrons. The van der Waals surface area contributed by atoms with Crippen molar-refractivity contribution < 1.29 is 13.2 Å². The second kappa shape index (κ2) is 5.47. The first-order valence-electron chi connectivity index (χ1n) is 5.86. The van der Waals surface area contributed by atoms with Gasteiger partial charge in [0.25, 0.3) is 0 Å². The van der Waals surface area contributed by atoms with Gasteiger partial charge in [0.1, 0.15) is 5.75 Å². The Balaban J connectivity index is 2.08. The molecule has 1 aliphatic rings. The van der Waals surface area contributed by atoms with Gasteiger partial charge in [-0.05, 0) is 30.7 Å². The standard InChI is InChI=1S/C12H15N3O3S/c1-18-11-2-4-12(5-3-11)19(16,17)14-10-6-7-15(8-10)9-13/h2-5,10,14H,6-8H2,1H3. The summed E-state index contributed by atoms with van der Waals surface area (Å²) in [6.45, 7) is 1.01. The van der Waals surface area contributed by atoms with Crippen LogP contribution in [0.2, 0.25) is 0 Å². The molecule has 1 saturated heterocycles.